The van der Waals surface area contributed by atoms with Gasteiger partial charge in [-0.3, -0.25) is 4.79 Å². The Balaban J connectivity index is 1.91. The summed E-state index contributed by atoms with van der Waals surface area (Å²) in [6.45, 7) is 3.46. The van der Waals surface area contributed by atoms with Gasteiger partial charge < -0.3 is 0 Å². The lowest BCUT2D eigenvalue weighted by Crippen LogP contribution is -2.22. The van der Waals surface area contributed by atoms with Gasteiger partial charge in [-0.25, -0.2) is 4.39 Å². The first-order valence-corrected chi connectivity index (χ1v) is 7.09. The molecule has 0 bridgehead atoms. The van der Waals surface area contributed by atoms with E-state index in [2.05, 4.69) is 10.2 Å². The Hall–Kier alpha value is -2.62. The Labute approximate surface area is 128 Å². The number of hydrogen-bond acceptors (Lipinski definition) is 3. The van der Waals surface area contributed by atoms with Crippen LogP contribution in [0.5, 0.6) is 0 Å². The number of nitrogens with zero attached hydrogens (tertiary/aromatic N) is 2. The van der Waals surface area contributed by atoms with E-state index in [0.29, 0.717) is 22.6 Å². The van der Waals surface area contributed by atoms with Gasteiger partial charge in [0.1, 0.15) is 17.2 Å². The van der Waals surface area contributed by atoms with Crippen LogP contribution in [-0.4, -0.2) is 17.2 Å². The molecule has 0 spiro atoms. The third-order valence-electron chi connectivity index (χ3n) is 3.86. The molecule has 4 heteroatoms. The molecule has 1 heterocycles. The van der Waals surface area contributed by atoms with E-state index in [-0.39, 0.29) is 17.5 Å². The fraction of sp³-hybridized carbons (Fsp3) is 0.167. The van der Waals surface area contributed by atoms with Crippen LogP contribution in [0.1, 0.15) is 25.3 Å². The van der Waals surface area contributed by atoms with Gasteiger partial charge in [-0.1, -0.05) is 49.4 Å². The van der Waals surface area contributed by atoms with Crippen molar-refractivity contribution in [3.05, 3.63) is 59.9 Å². The van der Waals surface area contributed by atoms with Crippen LogP contribution in [-0.2, 0) is 4.79 Å². The normalized spacial score (nSPS) is 15.5. The molecule has 0 saturated carbocycles. The van der Waals surface area contributed by atoms with E-state index in [1.165, 1.54) is 6.07 Å². The number of carbonyl (C=O) groups is 1. The van der Waals surface area contributed by atoms with Crippen LogP contribution in [0.25, 0.3) is 11.1 Å². The molecule has 0 N–H and O–H groups in total. The highest BCUT2D eigenvalue weighted by Crippen LogP contribution is 2.27. The monoisotopic (exact) mass is 294 g/mol. The SMILES string of the molecule is CC1=NN=C(C(C)c2ccc(-c3ccccc3)c(F)c2)C1=O. The average molecular weight is 294 g/mol. The second kappa shape index (κ2) is 5.64. The zero-order chi connectivity index (χ0) is 15.7. The maximum Gasteiger partial charge on any atom is 0.225 e. The number of hydrogen-bond donors (Lipinski definition) is 0. The molecule has 110 valence electrons. The molecule has 3 rings (SSSR count). The molecule has 0 saturated heterocycles. The summed E-state index contributed by atoms with van der Waals surface area (Å²) >= 11 is 0. The average Bonchev–Trinajstić information content (AvgIpc) is 2.87. The van der Waals surface area contributed by atoms with Crippen LogP contribution >= 0.6 is 0 Å². The van der Waals surface area contributed by atoms with E-state index < -0.39 is 0 Å². The molecule has 22 heavy (non-hydrogen) atoms. The molecular weight excluding hydrogens is 279 g/mol. The third-order valence-corrected chi connectivity index (χ3v) is 3.86. The van der Waals surface area contributed by atoms with Crippen LogP contribution in [0.2, 0.25) is 0 Å². The van der Waals surface area contributed by atoms with Gasteiger partial charge >= 0.3 is 0 Å². The van der Waals surface area contributed by atoms with Gasteiger partial charge in [0, 0.05) is 11.5 Å². The molecule has 0 aromatic heterocycles. The van der Waals surface area contributed by atoms with Crippen LogP contribution in [0.3, 0.4) is 0 Å². The summed E-state index contributed by atoms with van der Waals surface area (Å²) in [4.78, 5) is 11.9. The Morgan fingerprint density at radius 1 is 1.05 bits per heavy atom. The predicted octanol–water partition coefficient (Wildman–Crippen LogP) is 4.00. The summed E-state index contributed by atoms with van der Waals surface area (Å²) in [6, 6.07) is 14.4. The number of ketones is 1. The summed E-state index contributed by atoms with van der Waals surface area (Å²) in [5.74, 6) is -0.757. The number of halogens is 1. The van der Waals surface area contributed by atoms with Crippen molar-refractivity contribution < 1.29 is 9.18 Å². The fourth-order valence-corrected chi connectivity index (χ4v) is 2.50. The molecule has 1 unspecified atom stereocenters. The summed E-state index contributed by atoms with van der Waals surface area (Å²) in [5, 5.41) is 7.71. The minimum atomic E-state index is -0.306. The fourth-order valence-electron chi connectivity index (χ4n) is 2.50. The van der Waals surface area contributed by atoms with Crippen molar-refractivity contribution in [3.8, 4) is 11.1 Å². The van der Waals surface area contributed by atoms with Gasteiger partial charge in [-0.15, -0.1) is 0 Å². The predicted molar refractivity (Wildman–Crippen MR) is 85.8 cm³/mol. The van der Waals surface area contributed by atoms with Crippen LogP contribution in [0, 0.1) is 5.82 Å². The molecule has 0 amide bonds. The van der Waals surface area contributed by atoms with E-state index in [0.717, 1.165) is 5.56 Å². The molecule has 0 fully saturated rings. The topological polar surface area (TPSA) is 41.8 Å². The van der Waals surface area contributed by atoms with Crippen molar-refractivity contribution in [3.63, 3.8) is 0 Å². The van der Waals surface area contributed by atoms with Gasteiger partial charge in [-0.05, 0) is 24.1 Å². The van der Waals surface area contributed by atoms with Gasteiger partial charge in [0.15, 0.2) is 0 Å². The molecule has 1 atom stereocenters. The minimum absolute atomic E-state index is 0.167. The Morgan fingerprint density at radius 3 is 2.36 bits per heavy atom. The quantitative estimate of drug-likeness (QED) is 0.843. The Bertz CT molecular complexity index is 794. The highest BCUT2D eigenvalue weighted by molar-refractivity contribution is 6.68. The van der Waals surface area contributed by atoms with Gasteiger partial charge in [-0.2, -0.15) is 10.2 Å². The smallest absolute Gasteiger partial charge is 0.225 e. The largest absolute Gasteiger partial charge is 0.286 e. The van der Waals surface area contributed by atoms with Crippen LogP contribution < -0.4 is 0 Å². The first-order valence-electron chi connectivity index (χ1n) is 7.09. The zero-order valence-electron chi connectivity index (χ0n) is 12.4. The molecule has 2 aromatic carbocycles. The molecule has 1 aliphatic rings. The van der Waals surface area contributed by atoms with Crippen molar-refractivity contribution in [2.75, 3.05) is 0 Å². The van der Waals surface area contributed by atoms with E-state index in [9.17, 15) is 9.18 Å². The second-order valence-electron chi connectivity index (χ2n) is 5.33. The van der Waals surface area contributed by atoms with Crippen molar-refractivity contribution in [2.24, 2.45) is 10.2 Å². The summed E-state index contributed by atoms with van der Waals surface area (Å²) in [6.07, 6.45) is 0. The van der Waals surface area contributed by atoms with Crippen molar-refractivity contribution in [2.45, 2.75) is 19.8 Å². The third kappa shape index (κ3) is 2.48. The highest BCUT2D eigenvalue weighted by atomic mass is 19.1. The first-order chi connectivity index (χ1) is 10.6. The number of carbonyl (C=O) groups excluding carboxylic acids is 1. The second-order valence-corrected chi connectivity index (χ2v) is 5.33. The van der Waals surface area contributed by atoms with Gasteiger partial charge in [0.25, 0.3) is 0 Å². The molecule has 2 aromatic rings. The summed E-state index contributed by atoms with van der Waals surface area (Å²) < 4.78 is 14.4. The lowest BCUT2D eigenvalue weighted by molar-refractivity contribution is -0.107. The first kappa shape index (κ1) is 14.3. The van der Waals surface area contributed by atoms with E-state index in [4.69, 9.17) is 0 Å². The summed E-state index contributed by atoms with van der Waals surface area (Å²) in [5.41, 5.74) is 2.83. The minimum Gasteiger partial charge on any atom is -0.286 e. The Kier molecular flexibility index (Phi) is 3.67. The number of benzene rings is 2. The van der Waals surface area contributed by atoms with Crippen molar-refractivity contribution >= 4 is 17.2 Å². The standard InChI is InChI=1S/C18H15FN2O/c1-11(17-18(22)12(2)20-21-17)14-8-9-15(16(19)10-14)13-6-4-3-5-7-13/h3-11H,1-2H3. The molecule has 1 aliphatic heterocycles. The Morgan fingerprint density at radius 2 is 1.77 bits per heavy atom. The van der Waals surface area contributed by atoms with E-state index in [1.54, 1.807) is 13.0 Å². The van der Waals surface area contributed by atoms with Crippen LogP contribution in [0.15, 0.2) is 58.7 Å². The van der Waals surface area contributed by atoms with Crippen molar-refractivity contribution in [1.29, 1.82) is 0 Å². The lowest BCUT2D eigenvalue weighted by Gasteiger charge is -2.12. The molecule has 0 aliphatic carbocycles. The van der Waals surface area contributed by atoms with E-state index >= 15 is 0 Å². The number of rotatable bonds is 3. The van der Waals surface area contributed by atoms with E-state index in [1.807, 2.05) is 43.3 Å². The number of Topliss-reactive ketones (excluding diaryl/α,β-unsaturated/α-hetero) is 1. The van der Waals surface area contributed by atoms with Crippen LogP contribution in [0.4, 0.5) is 4.39 Å². The molecule has 3 nitrogen and oxygen atoms in total. The highest BCUT2D eigenvalue weighted by Gasteiger charge is 2.27. The maximum atomic E-state index is 14.4. The van der Waals surface area contributed by atoms with Gasteiger partial charge in [0.2, 0.25) is 5.78 Å². The van der Waals surface area contributed by atoms with Crippen molar-refractivity contribution in [1.82, 2.24) is 0 Å². The molecular formula is C18H15FN2O. The van der Waals surface area contributed by atoms with Gasteiger partial charge in [0.05, 0.1) is 0 Å². The maximum absolute atomic E-state index is 14.4. The zero-order valence-corrected chi connectivity index (χ0v) is 12.4. The molecule has 0 radical (unpaired) electrons. The summed E-state index contributed by atoms with van der Waals surface area (Å²) in [7, 11) is 0. The lowest BCUT2D eigenvalue weighted by atomic mass is 9.91.